The fourth-order valence-electron chi connectivity index (χ4n) is 1.42. The molecule has 0 aromatic heterocycles. The summed E-state index contributed by atoms with van der Waals surface area (Å²) < 4.78 is 4.87. The predicted octanol–water partition coefficient (Wildman–Crippen LogP) is 2.77. The molecule has 14 heavy (non-hydrogen) atoms. The molecule has 76 valence electrons. The van der Waals surface area contributed by atoms with E-state index in [1.807, 2.05) is 12.2 Å². The van der Waals surface area contributed by atoms with Gasteiger partial charge in [-0.3, -0.25) is 4.79 Å². The molecule has 2 nitrogen and oxygen atoms in total. The lowest BCUT2D eigenvalue weighted by molar-refractivity contribution is -0.116. The smallest absolute Gasteiger partial charge is 0.158 e. The van der Waals surface area contributed by atoms with Crippen molar-refractivity contribution < 1.29 is 9.53 Å². The standard InChI is InChI=1S/C12H16O2/c1-10(14-2)6-5-8-11-7-3-4-9-12(11)13/h5-6,8H,1,3-4,7,9H2,2H3/b6-5-,11-8+. The van der Waals surface area contributed by atoms with Crippen LogP contribution in [0, 0.1) is 0 Å². The number of ether oxygens (including phenoxy) is 1. The van der Waals surface area contributed by atoms with E-state index in [0.717, 1.165) is 24.8 Å². The van der Waals surface area contributed by atoms with Gasteiger partial charge in [-0.15, -0.1) is 0 Å². The summed E-state index contributed by atoms with van der Waals surface area (Å²) in [6.45, 7) is 3.65. The second-order valence-electron chi connectivity index (χ2n) is 3.35. The quantitative estimate of drug-likeness (QED) is 0.390. The summed E-state index contributed by atoms with van der Waals surface area (Å²) in [6.07, 6.45) is 9.21. The van der Waals surface area contributed by atoms with Gasteiger partial charge in [-0.1, -0.05) is 18.7 Å². The van der Waals surface area contributed by atoms with E-state index in [2.05, 4.69) is 6.58 Å². The van der Waals surface area contributed by atoms with Crippen molar-refractivity contribution >= 4 is 5.78 Å². The molecule has 1 fully saturated rings. The van der Waals surface area contributed by atoms with Crippen LogP contribution in [0.3, 0.4) is 0 Å². The molecule has 0 unspecified atom stereocenters. The number of carbonyl (C=O) groups is 1. The fraction of sp³-hybridized carbons (Fsp3) is 0.417. The highest BCUT2D eigenvalue weighted by Gasteiger charge is 2.13. The van der Waals surface area contributed by atoms with Gasteiger partial charge in [-0.05, 0) is 30.9 Å². The first kappa shape index (κ1) is 10.8. The largest absolute Gasteiger partial charge is 0.497 e. The van der Waals surface area contributed by atoms with E-state index in [9.17, 15) is 4.79 Å². The number of carbonyl (C=O) groups excluding carboxylic acids is 1. The summed E-state index contributed by atoms with van der Waals surface area (Å²) in [7, 11) is 1.57. The van der Waals surface area contributed by atoms with E-state index in [4.69, 9.17) is 4.74 Å². The maximum Gasteiger partial charge on any atom is 0.158 e. The van der Waals surface area contributed by atoms with Crippen molar-refractivity contribution in [3.63, 3.8) is 0 Å². The Kier molecular flexibility index (Phi) is 4.17. The Labute approximate surface area is 85.0 Å². The zero-order valence-electron chi connectivity index (χ0n) is 8.58. The molecular weight excluding hydrogens is 176 g/mol. The molecule has 0 spiro atoms. The number of rotatable bonds is 3. The van der Waals surface area contributed by atoms with Crippen molar-refractivity contribution in [2.75, 3.05) is 7.11 Å². The molecule has 1 saturated carbocycles. The van der Waals surface area contributed by atoms with Crippen LogP contribution in [0.1, 0.15) is 25.7 Å². The van der Waals surface area contributed by atoms with Crippen LogP contribution in [0.25, 0.3) is 0 Å². The van der Waals surface area contributed by atoms with Gasteiger partial charge in [-0.25, -0.2) is 0 Å². The number of hydrogen-bond donors (Lipinski definition) is 0. The highest BCUT2D eigenvalue weighted by atomic mass is 16.5. The molecule has 0 N–H and O–H groups in total. The summed E-state index contributed by atoms with van der Waals surface area (Å²) >= 11 is 0. The van der Waals surface area contributed by atoms with Crippen LogP contribution in [0.15, 0.2) is 36.1 Å². The zero-order chi connectivity index (χ0) is 10.4. The molecule has 0 atom stereocenters. The highest BCUT2D eigenvalue weighted by molar-refractivity contribution is 5.96. The van der Waals surface area contributed by atoms with Crippen molar-refractivity contribution in [1.82, 2.24) is 0 Å². The third-order valence-corrected chi connectivity index (χ3v) is 2.30. The van der Waals surface area contributed by atoms with Gasteiger partial charge in [0.05, 0.1) is 7.11 Å². The predicted molar refractivity (Wildman–Crippen MR) is 56.8 cm³/mol. The second kappa shape index (κ2) is 5.43. The Bertz CT molecular complexity index is 285. The minimum absolute atomic E-state index is 0.281. The first-order valence-electron chi connectivity index (χ1n) is 4.87. The average molecular weight is 192 g/mol. The van der Waals surface area contributed by atoms with Gasteiger partial charge in [-0.2, -0.15) is 0 Å². The van der Waals surface area contributed by atoms with Crippen molar-refractivity contribution in [2.24, 2.45) is 0 Å². The number of allylic oxidation sites excluding steroid dienone is 4. The highest BCUT2D eigenvalue weighted by Crippen LogP contribution is 2.19. The summed E-state index contributed by atoms with van der Waals surface area (Å²) in [6, 6.07) is 0. The topological polar surface area (TPSA) is 26.3 Å². The fourth-order valence-corrected chi connectivity index (χ4v) is 1.42. The summed E-state index contributed by atoms with van der Waals surface area (Å²) in [4.78, 5) is 11.4. The molecule has 0 heterocycles. The molecule has 0 amide bonds. The van der Waals surface area contributed by atoms with Crippen molar-refractivity contribution in [3.05, 3.63) is 36.1 Å². The average Bonchev–Trinajstić information content (AvgIpc) is 2.20. The number of methoxy groups -OCH3 is 1. The Morgan fingerprint density at radius 3 is 2.79 bits per heavy atom. The summed E-state index contributed by atoms with van der Waals surface area (Å²) in [5.74, 6) is 0.883. The number of ketones is 1. The Morgan fingerprint density at radius 1 is 1.43 bits per heavy atom. The maximum absolute atomic E-state index is 11.4. The van der Waals surface area contributed by atoms with Gasteiger partial charge in [0.25, 0.3) is 0 Å². The lowest BCUT2D eigenvalue weighted by Gasteiger charge is -2.11. The lowest BCUT2D eigenvalue weighted by Crippen LogP contribution is -2.07. The molecule has 1 rings (SSSR count). The van der Waals surface area contributed by atoms with Gasteiger partial charge in [0, 0.05) is 6.42 Å². The van der Waals surface area contributed by atoms with E-state index >= 15 is 0 Å². The van der Waals surface area contributed by atoms with Crippen LogP contribution in [0.5, 0.6) is 0 Å². The monoisotopic (exact) mass is 192 g/mol. The molecule has 0 radical (unpaired) electrons. The van der Waals surface area contributed by atoms with Gasteiger partial charge in [0.2, 0.25) is 0 Å². The second-order valence-corrected chi connectivity index (χ2v) is 3.35. The van der Waals surface area contributed by atoms with Gasteiger partial charge in [0.1, 0.15) is 5.76 Å². The minimum Gasteiger partial charge on any atom is -0.497 e. The first-order valence-corrected chi connectivity index (χ1v) is 4.87. The van der Waals surface area contributed by atoms with Crippen LogP contribution in [0.4, 0.5) is 0 Å². The van der Waals surface area contributed by atoms with Crippen molar-refractivity contribution in [2.45, 2.75) is 25.7 Å². The minimum atomic E-state index is 0.281. The molecule has 2 heteroatoms. The van der Waals surface area contributed by atoms with Crippen molar-refractivity contribution in [1.29, 1.82) is 0 Å². The molecule has 0 aromatic carbocycles. The summed E-state index contributed by atoms with van der Waals surface area (Å²) in [5.41, 5.74) is 0.927. The molecule has 0 aliphatic heterocycles. The van der Waals surface area contributed by atoms with Gasteiger partial charge < -0.3 is 4.74 Å². The van der Waals surface area contributed by atoms with Gasteiger partial charge >= 0.3 is 0 Å². The van der Waals surface area contributed by atoms with E-state index in [1.165, 1.54) is 0 Å². The Balaban J connectivity index is 2.54. The van der Waals surface area contributed by atoms with Gasteiger partial charge in [0.15, 0.2) is 5.78 Å². The normalized spacial score (nSPS) is 20.4. The van der Waals surface area contributed by atoms with Crippen LogP contribution < -0.4 is 0 Å². The Morgan fingerprint density at radius 2 is 2.14 bits per heavy atom. The van der Waals surface area contributed by atoms with Crippen LogP contribution in [-0.4, -0.2) is 12.9 Å². The number of hydrogen-bond acceptors (Lipinski definition) is 2. The Hall–Kier alpha value is -1.31. The third kappa shape index (κ3) is 3.21. The zero-order valence-corrected chi connectivity index (χ0v) is 8.58. The number of Topliss-reactive ketones (excluding diaryl/α,β-unsaturated/α-hetero) is 1. The molecule has 1 aliphatic rings. The third-order valence-electron chi connectivity index (χ3n) is 2.30. The maximum atomic E-state index is 11.4. The first-order chi connectivity index (χ1) is 6.74. The van der Waals surface area contributed by atoms with E-state index in [-0.39, 0.29) is 5.78 Å². The van der Waals surface area contributed by atoms with Crippen molar-refractivity contribution in [3.8, 4) is 0 Å². The SMILES string of the molecule is C=C(/C=C\C=C1/CCCCC1=O)OC. The molecule has 1 aliphatic carbocycles. The van der Waals surface area contributed by atoms with E-state index < -0.39 is 0 Å². The molecular formula is C12H16O2. The van der Waals surface area contributed by atoms with Crippen LogP contribution in [-0.2, 0) is 9.53 Å². The molecule has 0 aromatic rings. The van der Waals surface area contributed by atoms with E-state index in [1.54, 1.807) is 13.2 Å². The lowest BCUT2D eigenvalue weighted by atomic mass is 9.93. The summed E-state index contributed by atoms with van der Waals surface area (Å²) in [5, 5.41) is 0. The molecule has 0 saturated heterocycles. The van der Waals surface area contributed by atoms with Crippen LogP contribution >= 0.6 is 0 Å². The molecule has 0 bridgehead atoms. The van der Waals surface area contributed by atoms with E-state index in [0.29, 0.717) is 12.2 Å². The van der Waals surface area contributed by atoms with Crippen LogP contribution in [0.2, 0.25) is 0 Å².